The lowest BCUT2D eigenvalue weighted by Crippen LogP contribution is -2.47. The largest absolute Gasteiger partial charge is 0.462 e. The third-order valence-electron chi connectivity index (χ3n) is 6.35. The lowest BCUT2D eigenvalue weighted by atomic mass is 10.00. The average molecular weight is 508 g/mol. The molecule has 9 heteroatoms. The number of aromatic nitrogens is 2. The Kier molecular flexibility index (Phi) is 8.20. The highest BCUT2D eigenvalue weighted by atomic mass is 35.5. The third kappa shape index (κ3) is 5.51. The van der Waals surface area contributed by atoms with Gasteiger partial charge in [-0.05, 0) is 48.9 Å². The van der Waals surface area contributed by atoms with Gasteiger partial charge in [0.1, 0.15) is 11.3 Å². The third-order valence-corrected chi connectivity index (χ3v) is 6.67. The van der Waals surface area contributed by atoms with Crippen LogP contribution in [0.15, 0.2) is 59.5 Å². The molecule has 4 heterocycles. The van der Waals surface area contributed by atoms with Crippen LogP contribution >= 0.6 is 11.6 Å². The SMILES string of the molecule is CCc1ccc(-c2cn3c(C(=O)N4CCN(C)CC4)cnc3cc2CN)c(Cl)c1.O=Cc1ccco1. The van der Waals surface area contributed by atoms with Gasteiger partial charge >= 0.3 is 0 Å². The Morgan fingerprint density at radius 1 is 1.17 bits per heavy atom. The highest BCUT2D eigenvalue weighted by Crippen LogP contribution is 2.32. The van der Waals surface area contributed by atoms with Gasteiger partial charge in [0.25, 0.3) is 5.91 Å². The van der Waals surface area contributed by atoms with Gasteiger partial charge in [-0.3, -0.25) is 14.0 Å². The molecule has 1 amide bonds. The summed E-state index contributed by atoms with van der Waals surface area (Å²) in [6.45, 7) is 5.67. The van der Waals surface area contributed by atoms with Gasteiger partial charge < -0.3 is 20.0 Å². The average Bonchev–Trinajstić information content (AvgIpc) is 3.58. The summed E-state index contributed by atoms with van der Waals surface area (Å²) in [7, 11) is 2.07. The van der Waals surface area contributed by atoms with Crippen LogP contribution in [0.5, 0.6) is 0 Å². The van der Waals surface area contributed by atoms with E-state index in [-0.39, 0.29) is 5.91 Å². The van der Waals surface area contributed by atoms with Crippen LogP contribution in [-0.2, 0) is 13.0 Å². The number of fused-ring (bicyclic) bond motifs is 1. The zero-order valence-electron chi connectivity index (χ0n) is 20.5. The lowest BCUT2D eigenvalue weighted by molar-refractivity contribution is 0.0657. The van der Waals surface area contributed by atoms with Crippen LogP contribution in [0.1, 0.15) is 39.1 Å². The monoisotopic (exact) mass is 507 g/mol. The molecule has 0 atom stereocenters. The molecule has 4 aromatic rings. The number of furan rings is 1. The summed E-state index contributed by atoms with van der Waals surface area (Å²) in [5.41, 5.74) is 11.3. The Hall–Kier alpha value is -3.46. The number of carbonyl (C=O) groups is 2. The van der Waals surface area contributed by atoms with Crippen LogP contribution in [0.2, 0.25) is 5.02 Å². The molecule has 2 N–H and O–H groups in total. The minimum atomic E-state index is 0.00414. The van der Waals surface area contributed by atoms with Gasteiger partial charge in [-0.25, -0.2) is 4.98 Å². The lowest BCUT2D eigenvalue weighted by Gasteiger charge is -2.32. The zero-order valence-corrected chi connectivity index (χ0v) is 21.2. The molecule has 1 aliphatic heterocycles. The molecule has 0 bridgehead atoms. The molecule has 36 heavy (non-hydrogen) atoms. The van der Waals surface area contributed by atoms with E-state index >= 15 is 0 Å². The van der Waals surface area contributed by atoms with Crippen LogP contribution in [0.4, 0.5) is 0 Å². The van der Waals surface area contributed by atoms with E-state index in [2.05, 4.69) is 34.3 Å². The highest BCUT2D eigenvalue weighted by Gasteiger charge is 2.24. The van der Waals surface area contributed by atoms with Crippen molar-refractivity contribution in [2.75, 3.05) is 33.2 Å². The molecule has 1 fully saturated rings. The first-order chi connectivity index (χ1) is 17.4. The van der Waals surface area contributed by atoms with E-state index in [0.717, 1.165) is 49.3 Å². The number of hydrogen-bond acceptors (Lipinski definition) is 6. The number of piperazine rings is 1. The van der Waals surface area contributed by atoms with Crippen LogP contribution in [-0.4, -0.2) is 64.6 Å². The summed E-state index contributed by atoms with van der Waals surface area (Å²) in [5, 5.41) is 0.686. The van der Waals surface area contributed by atoms with Crippen molar-refractivity contribution in [2.45, 2.75) is 19.9 Å². The summed E-state index contributed by atoms with van der Waals surface area (Å²) in [4.78, 5) is 31.5. The van der Waals surface area contributed by atoms with E-state index in [4.69, 9.17) is 17.3 Å². The topological polar surface area (TPSA) is 97.1 Å². The van der Waals surface area contributed by atoms with Crippen LogP contribution in [0.25, 0.3) is 16.8 Å². The number of amides is 1. The molecule has 1 saturated heterocycles. The van der Waals surface area contributed by atoms with Gasteiger partial charge in [0.15, 0.2) is 12.0 Å². The zero-order chi connectivity index (χ0) is 25.7. The molecular formula is C27H30ClN5O3. The maximum Gasteiger partial charge on any atom is 0.272 e. The summed E-state index contributed by atoms with van der Waals surface area (Å²) < 4.78 is 6.47. The summed E-state index contributed by atoms with van der Waals surface area (Å²) in [6, 6.07) is 11.3. The number of aldehydes is 1. The summed E-state index contributed by atoms with van der Waals surface area (Å²) in [6.07, 6.45) is 6.65. The second-order valence-corrected chi connectivity index (χ2v) is 9.09. The fourth-order valence-electron chi connectivity index (χ4n) is 4.16. The van der Waals surface area contributed by atoms with Crippen molar-refractivity contribution in [2.24, 2.45) is 5.73 Å². The van der Waals surface area contributed by atoms with E-state index in [9.17, 15) is 9.59 Å². The van der Waals surface area contributed by atoms with Crippen molar-refractivity contribution in [3.8, 4) is 11.1 Å². The Bertz CT molecular complexity index is 1340. The second kappa shape index (κ2) is 11.5. The molecule has 1 aromatic carbocycles. The minimum Gasteiger partial charge on any atom is -0.462 e. The van der Waals surface area contributed by atoms with Crippen molar-refractivity contribution in [1.29, 1.82) is 0 Å². The van der Waals surface area contributed by atoms with Gasteiger partial charge in [-0.1, -0.05) is 30.7 Å². The number of benzene rings is 1. The number of halogens is 1. The van der Waals surface area contributed by atoms with Gasteiger partial charge in [-0.15, -0.1) is 0 Å². The van der Waals surface area contributed by atoms with Crippen LogP contribution < -0.4 is 5.73 Å². The van der Waals surface area contributed by atoms with E-state index in [1.54, 1.807) is 18.3 Å². The molecule has 8 nitrogen and oxygen atoms in total. The molecular weight excluding hydrogens is 478 g/mol. The van der Waals surface area contributed by atoms with Gasteiger partial charge in [0.2, 0.25) is 0 Å². The molecule has 0 saturated carbocycles. The van der Waals surface area contributed by atoms with Crippen LogP contribution in [0.3, 0.4) is 0 Å². The summed E-state index contributed by atoms with van der Waals surface area (Å²) in [5.74, 6) is 0.379. The molecule has 5 rings (SSSR count). The van der Waals surface area contributed by atoms with Gasteiger partial charge in [0, 0.05) is 55.1 Å². The molecule has 1 aliphatic rings. The molecule has 0 spiro atoms. The molecule has 0 unspecified atom stereocenters. The van der Waals surface area contributed by atoms with Crippen LogP contribution in [0, 0.1) is 0 Å². The van der Waals surface area contributed by atoms with Crippen molar-refractivity contribution >= 4 is 29.4 Å². The number of hydrogen-bond donors (Lipinski definition) is 1. The van der Waals surface area contributed by atoms with Gasteiger partial charge in [-0.2, -0.15) is 0 Å². The smallest absolute Gasteiger partial charge is 0.272 e. The molecule has 0 radical (unpaired) electrons. The van der Waals surface area contributed by atoms with Crippen molar-refractivity contribution < 1.29 is 14.0 Å². The quantitative estimate of drug-likeness (QED) is 0.407. The number of pyridine rings is 1. The fourth-order valence-corrected chi connectivity index (χ4v) is 4.46. The number of aryl methyl sites for hydroxylation is 1. The maximum absolute atomic E-state index is 13.1. The molecule has 3 aromatic heterocycles. The Balaban J connectivity index is 0.000000375. The Labute approximate surface area is 215 Å². The fraction of sp³-hybridized carbons (Fsp3) is 0.296. The van der Waals surface area contributed by atoms with E-state index < -0.39 is 0 Å². The minimum absolute atomic E-state index is 0.00414. The first-order valence-corrected chi connectivity index (χ1v) is 12.3. The number of carbonyl (C=O) groups excluding carboxylic acids is 2. The Morgan fingerprint density at radius 3 is 2.53 bits per heavy atom. The van der Waals surface area contributed by atoms with E-state index in [1.807, 2.05) is 33.7 Å². The molecule has 188 valence electrons. The predicted molar refractivity (Wildman–Crippen MR) is 140 cm³/mol. The number of imidazole rings is 1. The number of likely N-dealkylation sites (N-methyl/N-ethyl adjacent to an activating group) is 1. The van der Waals surface area contributed by atoms with Crippen molar-refractivity contribution in [1.82, 2.24) is 19.2 Å². The summed E-state index contributed by atoms with van der Waals surface area (Å²) >= 11 is 6.59. The van der Waals surface area contributed by atoms with Gasteiger partial charge in [0.05, 0.1) is 12.5 Å². The number of nitrogens with zero attached hydrogens (tertiary/aromatic N) is 4. The highest BCUT2D eigenvalue weighted by molar-refractivity contribution is 6.33. The normalized spacial score (nSPS) is 13.9. The van der Waals surface area contributed by atoms with E-state index in [0.29, 0.717) is 35.0 Å². The first-order valence-electron chi connectivity index (χ1n) is 11.9. The standard InChI is InChI=1S/C22H26ClN5O.C5H4O2/c1-3-15-4-5-17(19(23)10-15)18-14-28-20(13-25-21(28)11-16(18)12-24)22(29)27-8-6-26(2)7-9-27;6-4-5-2-1-3-7-5/h4-5,10-11,13-14H,3,6-9,12,24H2,1-2H3;1-4H. The second-order valence-electron chi connectivity index (χ2n) is 8.68. The molecule has 0 aliphatic carbocycles. The number of rotatable bonds is 5. The van der Waals surface area contributed by atoms with E-state index in [1.165, 1.54) is 11.8 Å². The Morgan fingerprint density at radius 2 is 1.94 bits per heavy atom. The maximum atomic E-state index is 13.1. The predicted octanol–water partition coefficient (Wildman–Crippen LogP) is 4.16. The number of nitrogens with two attached hydrogens (primary N) is 1. The first kappa shape index (κ1) is 25.6. The van der Waals surface area contributed by atoms with Crippen molar-refractivity contribution in [3.63, 3.8) is 0 Å². The van der Waals surface area contributed by atoms with Crippen molar-refractivity contribution in [3.05, 3.63) is 82.7 Å².